The molecule has 4 N–H and O–H groups in total. The maximum absolute atomic E-state index is 11.7. The van der Waals surface area contributed by atoms with E-state index in [0.717, 1.165) is 29.1 Å². The minimum absolute atomic E-state index is 0.0174. The SMILES string of the molecule is CCCC(=O)Nc1cccc(CN=C(N)Nc2ccc(OC)cc2)c1. The van der Waals surface area contributed by atoms with E-state index in [4.69, 9.17) is 10.5 Å². The van der Waals surface area contributed by atoms with Crippen LogP contribution >= 0.6 is 0 Å². The fourth-order valence-electron chi connectivity index (χ4n) is 2.24. The van der Waals surface area contributed by atoms with Gasteiger partial charge in [-0.1, -0.05) is 19.1 Å². The van der Waals surface area contributed by atoms with E-state index in [1.165, 1.54) is 0 Å². The van der Waals surface area contributed by atoms with Crippen LogP contribution in [-0.4, -0.2) is 19.0 Å². The van der Waals surface area contributed by atoms with Crippen LogP contribution in [-0.2, 0) is 11.3 Å². The molecule has 0 aliphatic rings. The van der Waals surface area contributed by atoms with Crippen LogP contribution in [0, 0.1) is 0 Å². The fourth-order valence-corrected chi connectivity index (χ4v) is 2.24. The van der Waals surface area contributed by atoms with Crippen LogP contribution < -0.4 is 21.1 Å². The van der Waals surface area contributed by atoms with Crippen molar-refractivity contribution in [3.63, 3.8) is 0 Å². The van der Waals surface area contributed by atoms with Crippen molar-refractivity contribution in [2.75, 3.05) is 17.7 Å². The van der Waals surface area contributed by atoms with Crippen LogP contribution in [0.4, 0.5) is 11.4 Å². The summed E-state index contributed by atoms with van der Waals surface area (Å²) in [7, 11) is 1.62. The van der Waals surface area contributed by atoms with Crippen LogP contribution in [0.25, 0.3) is 0 Å². The van der Waals surface area contributed by atoms with Gasteiger partial charge in [-0.05, 0) is 48.4 Å². The van der Waals surface area contributed by atoms with Crippen molar-refractivity contribution in [1.82, 2.24) is 0 Å². The third-order valence-electron chi connectivity index (χ3n) is 3.48. The average molecular weight is 340 g/mol. The average Bonchev–Trinajstić information content (AvgIpc) is 2.61. The summed E-state index contributed by atoms with van der Waals surface area (Å²) < 4.78 is 5.11. The topological polar surface area (TPSA) is 88.7 Å². The molecule has 1 amide bonds. The van der Waals surface area contributed by atoms with E-state index in [1.54, 1.807) is 7.11 Å². The van der Waals surface area contributed by atoms with Gasteiger partial charge in [-0.15, -0.1) is 0 Å². The molecular formula is C19H24N4O2. The summed E-state index contributed by atoms with van der Waals surface area (Å²) in [6.07, 6.45) is 1.34. The Labute approximate surface area is 148 Å². The Morgan fingerprint density at radius 3 is 2.56 bits per heavy atom. The van der Waals surface area contributed by atoms with E-state index >= 15 is 0 Å². The molecule has 2 aromatic carbocycles. The standard InChI is InChI=1S/C19H24N4O2/c1-3-5-18(24)22-16-7-4-6-14(12-16)13-21-19(20)23-15-8-10-17(25-2)11-9-15/h4,6-12H,3,5,13H2,1-2H3,(H,22,24)(H3,20,21,23). The summed E-state index contributed by atoms with van der Waals surface area (Å²) in [6.45, 7) is 2.40. The molecule has 132 valence electrons. The molecule has 0 aromatic heterocycles. The molecule has 0 bridgehead atoms. The zero-order chi connectivity index (χ0) is 18.1. The monoisotopic (exact) mass is 340 g/mol. The minimum atomic E-state index is 0.0174. The molecule has 2 aromatic rings. The number of rotatable bonds is 7. The molecule has 0 radical (unpaired) electrons. The lowest BCUT2D eigenvalue weighted by molar-refractivity contribution is -0.116. The number of hydrogen-bond acceptors (Lipinski definition) is 3. The molecule has 0 heterocycles. The first kappa shape index (κ1) is 18.3. The van der Waals surface area contributed by atoms with E-state index in [0.29, 0.717) is 18.9 Å². The van der Waals surface area contributed by atoms with E-state index in [1.807, 2.05) is 55.5 Å². The second-order valence-corrected chi connectivity index (χ2v) is 5.55. The minimum Gasteiger partial charge on any atom is -0.497 e. The van der Waals surface area contributed by atoms with E-state index in [-0.39, 0.29) is 5.91 Å². The first-order valence-corrected chi connectivity index (χ1v) is 8.20. The Bertz CT molecular complexity index is 726. The van der Waals surface area contributed by atoms with Gasteiger partial charge in [-0.3, -0.25) is 4.79 Å². The Morgan fingerprint density at radius 2 is 1.88 bits per heavy atom. The number of carbonyl (C=O) groups excluding carboxylic acids is 1. The van der Waals surface area contributed by atoms with Gasteiger partial charge in [0.25, 0.3) is 0 Å². The number of aliphatic imine (C=N–C) groups is 1. The third-order valence-corrected chi connectivity index (χ3v) is 3.48. The molecule has 0 saturated carbocycles. The number of benzene rings is 2. The van der Waals surface area contributed by atoms with E-state index in [2.05, 4.69) is 15.6 Å². The van der Waals surface area contributed by atoms with Crippen LogP contribution in [0.3, 0.4) is 0 Å². The Balaban J connectivity index is 1.94. The Kier molecular flexibility index (Phi) is 6.83. The molecule has 0 aliphatic carbocycles. The number of nitrogens with one attached hydrogen (secondary N) is 2. The molecular weight excluding hydrogens is 316 g/mol. The largest absolute Gasteiger partial charge is 0.497 e. The van der Waals surface area contributed by atoms with Crippen molar-refractivity contribution in [2.24, 2.45) is 10.7 Å². The quantitative estimate of drug-likeness (QED) is 0.532. The highest BCUT2D eigenvalue weighted by Crippen LogP contribution is 2.15. The van der Waals surface area contributed by atoms with Crippen LogP contribution in [0.1, 0.15) is 25.3 Å². The lowest BCUT2D eigenvalue weighted by Crippen LogP contribution is -2.22. The fraction of sp³-hybridized carbons (Fsp3) is 0.263. The van der Waals surface area contributed by atoms with Gasteiger partial charge < -0.3 is 21.1 Å². The number of nitrogens with zero attached hydrogens (tertiary/aromatic N) is 1. The zero-order valence-corrected chi connectivity index (χ0v) is 14.6. The van der Waals surface area contributed by atoms with E-state index in [9.17, 15) is 4.79 Å². The molecule has 0 fully saturated rings. The van der Waals surface area contributed by atoms with Crippen LogP contribution in [0.15, 0.2) is 53.5 Å². The number of hydrogen-bond donors (Lipinski definition) is 3. The molecule has 0 aliphatic heterocycles. The summed E-state index contributed by atoms with van der Waals surface area (Å²) in [5.41, 5.74) is 8.49. The Morgan fingerprint density at radius 1 is 1.12 bits per heavy atom. The number of anilines is 2. The van der Waals surface area contributed by atoms with Crippen molar-refractivity contribution in [3.05, 3.63) is 54.1 Å². The molecule has 0 spiro atoms. The zero-order valence-electron chi connectivity index (χ0n) is 14.6. The van der Waals surface area contributed by atoms with Gasteiger partial charge in [0.05, 0.1) is 13.7 Å². The van der Waals surface area contributed by atoms with Gasteiger partial charge in [0, 0.05) is 17.8 Å². The molecule has 6 heteroatoms. The lowest BCUT2D eigenvalue weighted by Gasteiger charge is -2.08. The van der Waals surface area contributed by atoms with Gasteiger partial charge >= 0.3 is 0 Å². The molecule has 0 unspecified atom stereocenters. The number of methoxy groups -OCH3 is 1. The number of guanidine groups is 1. The molecule has 0 saturated heterocycles. The van der Waals surface area contributed by atoms with Gasteiger partial charge in [0.2, 0.25) is 5.91 Å². The highest BCUT2D eigenvalue weighted by atomic mass is 16.5. The van der Waals surface area contributed by atoms with Gasteiger partial charge in [-0.2, -0.15) is 0 Å². The van der Waals surface area contributed by atoms with Gasteiger partial charge in [-0.25, -0.2) is 4.99 Å². The number of amides is 1. The molecule has 6 nitrogen and oxygen atoms in total. The van der Waals surface area contributed by atoms with Crippen molar-refractivity contribution >= 4 is 23.2 Å². The lowest BCUT2D eigenvalue weighted by atomic mass is 10.2. The maximum Gasteiger partial charge on any atom is 0.224 e. The van der Waals surface area contributed by atoms with Crippen LogP contribution in [0.2, 0.25) is 0 Å². The second kappa shape index (κ2) is 9.32. The second-order valence-electron chi connectivity index (χ2n) is 5.55. The van der Waals surface area contributed by atoms with Crippen LogP contribution in [0.5, 0.6) is 5.75 Å². The summed E-state index contributed by atoms with van der Waals surface area (Å²) in [4.78, 5) is 16.0. The normalized spacial score (nSPS) is 11.0. The van der Waals surface area contributed by atoms with Crippen molar-refractivity contribution in [1.29, 1.82) is 0 Å². The van der Waals surface area contributed by atoms with Crippen molar-refractivity contribution in [2.45, 2.75) is 26.3 Å². The van der Waals surface area contributed by atoms with Gasteiger partial charge in [0.15, 0.2) is 5.96 Å². The summed E-state index contributed by atoms with van der Waals surface area (Å²) in [5, 5.41) is 5.90. The highest BCUT2D eigenvalue weighted by Gasteiger charge is 2.02. The first-order chi connectivity index (χ1) is 12.1. The summed E-state index contributed by atoms with van der Waals surface area (Å²) >= 11 is 0. The highest BCUT2D eigenvalue weighted by molar-refractivity contribution is 5.92. The molecule has 0 atom stereocenters. The predicted molar refractivity (Wildman–Crippen MR) is 102 cm³/mol. The predicted octanol–water partition coefficient (Wildman–Crippen LogP) is 3.36. The first-order valence-electron chi connectivity index (χ1n) is 8.20. The van der Waals surface area contributed by atoms with Crippen molar-refractivity contribution in [3.8, 4) is 5.75 Å². The number of nitrogens with two attached hydrogens (primary N) is 1. The smallest absolute Gasteiger partial charge is 0.224 e. The third kappa shape index (κ3) is 6.18. The van der Waals surface area contributed by atoms with E-state index < -0.39 is 0 Å². The molecule has 2 rings (SSSR count). The summed E-state index contributed by atoms with van der Waals surface area (Å²) in [6, 6.07) is 15.0. The van der Waals surface area contributed by atoms with Gasteiger partial charge in [0.1, 0.15) is 5.75 Å². The number of carbonyl (C=O) groups is 1. The summed E-state index contributed by atoms with van der Waals surface area (Å²) in [5.74, 6) is 1.12. The Hall–Kier alpha value is -3.02. The number of ether oxygens (including phenoxy) is 1. The van der Waals surface area contributed by atoms with Crippen molar-refractivity contribution < 1.29 is 9.53 Å². The molecule has 25 heavy (non-hydrogen) atoms. The maximum atomic E-state index is 11.7.